The Kier molecular flexibility index (Phi) is 7.78. The summed E-state index contributed by atoms with van der Waals surface area (Å²) in [4.78, 5) is 6.87. The number of nitrogens with zero attached hydrogens (tertiary/aromatic N) is 2. The standard InChI is InChI=1S/C16H24BrFN4O/c1-2-19-16(20-5-6-22-7-9-23-10-8-22)21-12-13-3-4-14(17)15(18)11-13/h3-4,11H,2,5-10,12H2,1H3,(H2,19,20,21). The van der Waals surface area contributed by atoms with Gasteiger partial charge in [-0.15, -0.1) is 0 Å². The van der Waals surface area contributed by atoms with Crippen molar-refractivity contribution in [2.24, 2.45) is 4.99 Å². The van der Waals surface area contributed by atoms with Crippen LogP contribution in [0.1, 0.15) is 12.5 Å². The molecule has 0 bridgehead atoms. The second-order valence-electron chi connectivity index (χ2n) is 5.32. The first kappa shape index (κ1) is 18.2. The summed E-state index contributed by atoms with van der Waals surface area (Å²) in [5.41, 5.74) is 0.844. The minimum absolute atomic E-state index is 0.261. The van der Waals surface area contributed by atoms with Crippen LogP contribution in [-0.2, 0) is 11.3 Å². The number of hydrogen-bond acceptors (Lipinski definition) is 3. The average molecular weight is 387 g/mol. The van der Waals surface area contributed by atoms with Crippen LogP contribution in [0.2, 0.25) is 0 Å². The maximum absolute atomic E-state index is 13.5. The molecule has 0 aromatic heterocycles. The van der Waals surface area contributed by atoms with Crippen LogP contribution in [0.4, 0.5) is 4.39 Å². The van der Waals surface area contributed by atoms with Gasteiger partial charge in [0.25, 0.3) is 0 Å². The number of aliphatic imine (C=N–C) groups is 1. The zero-order chi connectivity index (χ0) is 16.5. The molecule has 5 nitrogen and oxygen atoms in total. The van der Waals surface area contributed by atoms with E-state index in [1.807, 2.05) is 13.0 Å². The van der Waals surface area contributed by atoms with Gasteiger partial charge in [0.2, 0.25) is 0 Å². The Morgan fingerprint density at radius 3 is 2.83 bits per heavy atom. The lowest BCUT2D eigenvalue weighted by molar-refractivity contribution is 0.0389. The molecule has 0 saturated carbocycles. The highest BCUT2D eigenvalue weighted by atomic mass is 79.9. The van der Waals surface area contributed by atoms with Crippen molar-refractivity contribution in [3.8, 4) is 0 Å². The number of guanidine groups is 1. The molecule has 0 atom stereocenters. The van der Waals surface area contributed by atoms with Crippen LogP contribution >= 0.6 is 15.9 Å². The van der Waals surface area contributed by atoms with Gasteiger partial charge in [0.15, 0.2) is 5.96 Å². The van der Waals surface area contributed by atoms with Crippen LogP contribution in [0.3, 0.4) is 0 Å². The number of benzene rings is 1. The normalized spacial score (nSPS) is 16.4. The first-order valence-electron chi connectivity index (χ1n) is 7.95. The van der Waals surface area contributed by atoms with E-state index in [0.29, 0.717) is 11.0 Å². The molecule has 23 heavy (non-hydrogen) atoms. The molecule has 0 amide bonds. The average Bonchev–Trinajstić information content (AvgIpc) is 2.56. The zero-order valence-electron chi connectivity index (χ0n) is 13.4. The molecule has 1 saturated heterocycles. The monoisotopic (exact) mass is 386 g/mol. The number of ether oxygens (including phenoxy) is 1. The van der Waals surface area contributed by atoms with Gasteiger partial charge in [0.05, 0.1) is 24.2 Å². The van der Waals surface area contributed by atoms with E-state index in [9.17, 15) is 4.39 Å². The Hall–Kier alpha value is -1.18. The molecule has 128 valence electrons. The first-order chi connectivity index (χ1) is 11.2. The highest BCUT2D eigenvalue weighted by Gasteiger charge is 2.09. The fraction of sp³-hybridized carbons (Fsp3) is 0.562. The molecule has 1 fully saturated rings. The van der Waals surface area contributed by atoms with Gasteiger partial charge in [0.1, 0.15) is 5.82 Å². The van der Waals surface area contributed by atoms with Crippen LogP contribution in [0.15, 0.2) is 27.7 Å². The SMILES string of the molecule is CCNC(=NCc1ccc(Br)c(F)c1)NCCN1CCOCC1. The summed E-state index contributed by atoms with van der Waals surface area (Å²) in [5.74, 6) is 0.493. The van der Waals surface area contributed by atoms with Crippen molar-refractivity contribution >= 4 is 21.9 Å². The van der Waals surface area contributed by atoms with E-state index in [0.717, 1.165) is 57.5 Å². The van der Waals surface area contributed by atoms with Gasteiger partial charge in [-0.3, -0.25) is 4.90 Å². The van der Waals surface area contributed by atoms with Crippen molar-refractivity contribution in [2.75, 3.05) is 45.9 Å². The molecule has 1 aliphatic rings. The molecular formula is C16H24BrFN4O. The molecule has 1 aromatic carbocycles. The van der Waals surface area contributed by atoms with Crippen molar-refractivity contribution in [1.29, 1.82) is 0 Å². The molecule has 1 aromatic rings. The Balaban J connectivity index is 1.82. The van der Waals surface area contributed by atoms with E-state index in [-0.39, 0.29) is 5.82 Å². The quantitative estimate of drug-likeness (QED) is 0.579. The summed E-state index contributed by atoms with van der Waals surface area (Å²) in [5, 5.41) is 6.53. The summed E-state index contributed by atoms with van der Waals surface area (Å²) in [6.07, 6.45) is 0. The summed E-state index contributed by atoms with van der Waals surface area (Å²) in [7, 11) is 0. The lowest BCUT2D eigenvalue weighted by Crippen LogP contribution is -2.44. The van der Waals surface area contributed by atoms with Crippen LogP contribution in [-0.4, -0.2) is 56.8 Å². The maximum Gasteiger partial charge on any atom is 0.191 e. The highest BCUT2D eigenvalue weighted by molar-refractivity contribution is 9.10. The van der Waals surface area contributed by atoms with E-state index in [1.165, 1.54) is 6.07 Å². The predicted molar refractivity (Wildman–Crippen MR) is 94.2 cm³/mol. The van der Waals surface area contributed by atoms with Gasteiger partial charge in [-0.25, -0.2) is 9.38 Å². The third-order valence-electron chi connectivity index (χ3n) is 3.57. The summed E-state index contributed by atoms with van der Waals surface area (Å²) in [6.45, 7) is 8.61. The third kappa shape index (κ3) is 6.45. The first-order valence-corrected chi connectivity index (χ1v) is 8.74. The van der Waals surface area contributed by atoms with E-state index in [4.69, 9.17) is 4.74 Å². The number of halogens is 2. The lowest BCUT2D eigenvalue weighted by Gasteiger charge is -2.26. The molecule has 0 spiro atoms. The van der Waals surface area contributed by atoms with Crippen molar-refractivity contribution < 1.29 is 9.13 Å². The van der Waals surface area contributed by atoms with Gasteiger partial charge in [-0.05, 0) is 40.5 Å². The molecule has 7 heteroatoms. The molecule has 0 aliphatic carbocycles. The van der Waals surface area contributed by atoms with Crippen LogP contribution in [0.25, 0.3) is 0 Å². The van der Waals surface area contributed by atoms with E-state index >= 15 is 0 Å². The molecule has 0 radical (unpaired) electrons. The minimum Gasteiger partial charge on any atom is -0.379 e. The Morgan fingerprint density at radius 1 is 1.35 bits per heavy atom. The minimum atomic E-state index is -0.261. The number of morpholine rings is 1. The molecule has 1 heterocycles. The van der Waals surface area contributed by atoms with Crippen molar-refractivity contribution in [2.45, 2.75) is 13.5 Å². The smallest absolute Gasteiger partial charge is 0.191 e. The Bertz CT molecular complexity index is 521. The van der Waals surface area contributed by atoms with Gasteiger partial charge in [0, 0.05) is 32.7 Å². The molecule has 2 rings (SSSR count). The molecule has 0 unspecified atom stereocenters. The number of hydrogen-bond donors (Lipinski definition) is 2. The van der Waals surface area contributed by atoms with E-state index < -0.39 is 0 Å². The van der Waals surface area contributed by atoms with Crippen molar-refractivity contribution in [3.63, 3.8) is 0 Å². The molecule has 1 aliphatic heterocycles. The maximum atomic E-state index is 13.5. The fourth-order valence-electron chi connectivity index (χ4n) is 2.31. The molecule has 2 N–H and O–H groups in total. The highest BCUT2D eigenvalue weighted by Crippen LogP contribution is 2.16. The third-order valence-corrected chi connectivity index (χ3v) is 4.22. The van der Waals surface area contributed by atoms with Gasteiger partial charge in [-0.1, -0.05) is 6.07 Å². The number of nitrogens with one attached hydrogen (secondary N) is 2. The van der Waals surface area contributed by atoms with Gasteiger partial charge < -0.3 is 15.4 Å². The summed E-state index contributed by atoms with van der Waals surface area (Å²) < 4.78 is 19.3. The Labute approximate surface area is 145 Å². The largest absolute Gasteiger partial charge is 0.379 e. The summed E-state index contributed by atoms with van der Waals surface area (Å²) in [6, 6.07) is 5.08. The zero-order valence-corrected chi connectivity index (χ0v) is 15.0. The van der Waals surface area contributed by atoms with Gasteiger partial charge >= 0.3 is 0 Å². The topological polar surface area (TPSA) is 48.9 Å². The molecular weight excluding hydrogens is 363 g/mol. The van der Waals surface area contributed by atoms with Gasteiger partial charge in [-0.2, -0.15) is 0 Å². The van der Waals surface area contributed by atoms with Crippen molar-refractivity contribution in [3.05, 3.63) is 34.1 Å². The number of rotatable bonds is 6. The lowest BCUT2D eigenvalue weighted by atomic mass is 10.2. The Morgan fingerprint density at radius 2 is 2.13 bits per heavy atom. The van der Waals surface area contributed by atoms with Crippen LogP contribution in [0, 0.1) is 5.82 Å². The van der Waals surface area contributed by atoms with E-state index in [2.05, 4.69) is 36.5 Å². The predicted octanol–water partition coefficient (Wildman–Crippen LogP) is 1.98. The fourth-order valence-corrected chi connectivity index (χ4v) is 2.55. The van der Waals surface area contributed by atoms with Crippen molar-refractivity contribution in [1.82, 2.24) is 15.5 Å². The van der Waals surface area contributed by atoms with Crippen LogP contribution < -0.4 is 10.6 Å². The van der Waals surface area contributed by atoms with Crippen LogP contribution in [0.5, 0.6) is 0 Å². The second-order valence-corrected chi connectivity index (χ2v) is 6.18. The summed E-state index contributed by atoms with van der Waals surface area (Å²) >= 11 is 3.16. The second kappa shape index (κ2) is 9.85. The van der Waals surface area contributed by atoms with E-state index in [1.54, 1.807) is 6.07 Å².